The third-order valence-corrected chi connectivity index (χ3v) is 4.87. The van der Waals surface area contributed by atoms with Crippen LogP contribution in [0.1, 0.15) is 74.8 Å². The van der Waals surface area contributed by atoms with Crippen LogP contribution in [-0.2, 0) is 12.1 Å². The van der Waals surface area contributed by atoms with E-state index in [-0.39, 0.29) is 17.4 Å². The highest BCUT2D eigenvalue weighted by Gasteiger charge is 2.25. The molecule has 0 radical (unpaired) electrons. The van der Waals surface area contributed by atoms with Crippen molar-refractivity contribution in [2.75, 3.05) is 6.61 Å². The van der Waals surface area contributed by atoms with E-state index in [0.717, 1.165) is 28.0 Å². The topological polar surface area (TPSA) is 81.9 Å². The van der Waals surface area contributed by atoms with Crippen molar-refractivity contribution in [2.24, 2.45) is 0 Å². The molecule has 3 rings (SSSR count). The zero-order valence-corrected chi connectivity index (χ0v) is 18.9. The summed E-state index contributed by atoms with van der Waals surface area (Å²) < 4.78 is 7.48. The van der Waals surface area contributed by atoms with E-state index in [9.17, 15) is 4.79 Å². The standard InChI is InChI=1S/C23H31N5O2/c1-8-30-22-16(10-9-11-24-22)13-25-21(29)17-12-18(14(2)3)26-20-19(17)15(4)27-28(20)23(5,6)7/h9-12,14H,8,13H2,1-7H3,(H,25,29). The monoisotopic (exact) mass is 409 g/mol. The molecule has 1 N–H and O–H groups in total. The van der Waals surface area contributed by atoms with Gasteiger partial charge in [-0.15, -0.1) is 0 Å². The van der Waals surface area contributed by atoms with Crippen LogP contribution in [-0.4, -0.2) is 32.3 Å². The number of carbonyl (C=O) groups is 1. The number of aryl methyl sites for hydroxylation is 1. The Hall–Kier alpha value is -2.96. The lowest BCUT2D eigenvalue weighted by molar-refractivity contribution is 0.0952. The second-order valence-electron chi connectivity index (χ2n) is 8.70. The predicted molar refractivity (Wildman–Crippen MR) is 118 cm³/mol. The molecule has 0 aliphatic rings. The molecule has 3 aromatic heterocycles. The summed E-state index contributed by atoms with van der Waals surface area (Å²) in [6.45, 7) is 15.1. The molecule has 7 nitrogen and oxygen atoms in total. The zero-order chi connectivity index (χ0) is 22.1. The summed E-state index contributed by atoms with van der Waals surface area (Å²) in [5.41, 5.74) is 3.60. The van der Waals surface area contributed by atoms with E-state index < -0.39 is 0 Å². The molecule has 30 heavy (non-hydrogen) atoms. The van der Waals surface area contributed by atoms with Gasteiger partial charge in [0, 0.05) is 24.0 Å². The Morgan fingerprint density at radius 3 is 2.67 bits per heavy atom. The molecule has 0 aromatic carbocycles. The molecule has 0 saturated carbocycles. The molecule has 0 aliphatic carbocycles. The van der Waals surface area contributed by atoms with Crippen molar-refractivity contribution in [3.63, 3.8) is 0 Å². The van der Waals surface area contributed by atoms with E-state index in [1.807, 2.05) is 36.7 Å². The maximum absolute atomic E-state index is 13.2. The maximum atomic E-state index is 13.2. The van der Waals surface area contributed by atoms with E-state index in [4.69, 9.17) is 14.8 Å². The van der Waals surface area contributed by atoms with E-state index >= 15 is 0 Å². The molecular formula is C23H31N5O2. The van der Waals surface area contributed by atoms with Gasteiger partial charge in [0.05, 0.1) is 28.8 Å². The van der Waals surface area contributed by atoms with Crippen LogP contribution in [0.4, 0.5) is 0 Å². The van der Waals surface area contributed by atoms with Crippen molar-refractivity contribution in [1.82, 2.24) is 25.1 Å². The van der Waals surface area contributed by atoms with Gasteiger partial charge < -0.3 is 10.1 Å². The highest BCUT2D eigenvalue weighted by molar-refractivity contribution is 6.06. The second-order valence-corrected chi connectivity index (χ2v) is 8.70. The van der Waals surface area contributed by atoms with Crippen molar-refractivity contribution in [2.45, 2.75) is 66.5 Å². The molecular weight excluding hydrogens is 378 g/mol. The highest BCUT2D eigenvalue weighted by atomic mass is 16.5. The molecule has 7 heteroatoms. The number of hydrogen-bond donors (Lipinski definition) is 1. The number of aromatic nitrogens is 4. The fourth-order valence-electron chi connectivity index (χ4n) is 3.35. The summed E-state index contributed by atoms with van der Waals surface area (Å²) in [5.74, 6) is 0.569. The van der Waals surface area contributed by atoms with Crippen LogP contribution in [0.3, 0.4) is 0 Å². The minimum atomic E-state index is -0.245. The van der Waals surface area contributed by atoms with E-state index in [1.54, 1.807) is 6.20 Å². The third-order valence-electron chi connectivity index (χ3n) is 4.87. The minimum Gasteiger partial charge on any atom is -0.478 e. The van der Waals surface area contributed by atoms with E-state index in [0.29, 0.717) is 24.6 Å². The molecule has 0 unspecified atom stereocenters. The number of ether oxygens (including phenoxy) is 1. The first kappa shape index (κ1) is 21.7. The van der Waals surface area contributed by atoms with Crippen LogP contribution in [0.2, 0.25) is 0 Å². The normalized spacial score (nSPS) is 11.9. The Morgan fingerprint density at radius 2 is 2.03 bits per heavy atom. The number of hydrogen-bond acceptors (Lipinski definition) is 5. The van der Waals surface area contributed by atoms with Gasteiger partial charge in [0.2, 0.25) is 5.88 Å². The Kier molecular flexibility index (Phi) is 6.10. The zero-order valence-electron chi connectivity index (χ0n) is 18.9. The average molecular weight is 410 g/mol. The summed E-state index contributed by atoms with van der Waals surface area (Å²) in [6, 6.07) is 5.63. The first-order valence-corrected chi connectivity index (χ1v) is 10.4. The van der Waals surface area contributed by atoms with Gasteiger partial charge >= 0.3 is 0 Å². The van der Waals surface area contributed by atoms with Crippen LogP contribution in [0.15, 0.2) is 24.4 Å². The van der Waals surface area contributed by atoms with Crippen LogP contribution < -0.4 is 10.1 Å². The minimum absolute atomic E-state index is 0.160. The van der Waals surface area contributed by atoms with Gasteiger partial charge in [-0.25, -0.2) is 14.6 Å². The van der Waals surface area contributed by atoms with Crippen molar-refractivity contribution in [3.05, 3.63) is 46.9 Å². The molecule has 0 fully saturated rings. The smallest absolute Gasteiger partial charge is 0.252 e. The third kappa shape index (κ3) is 4.30. The Bertz CT molecular complexity index is 1060. The number of nitrogens with one attached hydrogen (secondary N) is 1. The summed E-state index contributed by atoms with van der Waals surface area (Å²) >= 11 is 0. The van der Waals surface area contributed by atoms with Gasteiger partial charge in [-0.1, -0.05) is 19.9 Å². The lowest BCUT2D eigenvalue weighted by Gasteiger charge is -2.20. The number of rotatable bonds is 6. The number of nitrogens with zero attached hydrogens (tertiary/aromatic N) is 4. The molecule has 0 saturated heterocycles. The lowest BCUT2D eigenvalue weighted by Crippen LogP contribution is -2.25. The summed E-state index contributed by atoms with van der Waals surface area (Å²) in [7, 11) is 0. The van der Waals surface area contributed by atoms with Crippen LogP contribution in [0.25, 0.3) is 11.0 Å². The maximum Gasteiger partial charge on any atom is 0.252 e. The summed E-state index contributed by atoms with van der Waals surface area (Å²) in [5, 5.41) is 8.52. The molecule has 160 valence electrons. The predicted octanol–water partition coefficient (Wildman–Crippen LogP) is 4.34. The van der Waals surface area contributed by atoms with Gasteiger partial charge in [0.25, 0.3) is 5.91 Å². The fourth-order valence-corrected chi connectivity index (χ4v) is 3.35. The first-order chi connectivity index (χ1) is 14.1. The number of fused-ring (bicyclic) bond motifs is 1. The number of pyridine rings is 2. The number of amides is 1. The van der Waals surface area contributed by atoms with E-state index in [2.05, 4.69) is 44.9 Å². The molecule has 0 atom stereocenters. The molecule has 1 amide bonds. The van der Waals surface area contributed by atoms with Crippen molar-refractivity contribution >= 4 is 16.9 Å². The molecule has 0 aliphatic heterocycles. The SMILES string of the molecule is CCOc1ncccc1CNC(=O)c1cc(C(C)C)nc2c1c(C)nn2C(C)(C)C. The molecule has 0 spiro atoms. The number of carbonyl (C=O) groups excluding carboxylic acids is 1. The first-order valence-electron chi connectivity index (χ1n) is 10.4. The second kappa shape index (κ2) is 8.42. The van der Waals surface area contributed by atoms with Gasteiger partial charge in [0.1, 0.15) is 0 Å². The highest BCUT2D eigenvalue weighted by Crippen LogP contribution is 2.29. The van der Waals surface area contributed by atoms with Crippen LogP contribution >= 0.6 is 0 Å². The van der Waals surface area contributed by atoms with Gasteiger partial charge in [-0.3, -0.25) is 4.79 Å². The van der Waals surface area contributed by atoms with Crippen molar-refractivity contribution in [3.8, 4) is 5.88 Å². The lowest BCUT2D eigenvalue weighted by atomic mass is 10.0. The molecule has 3 heterocycles. The summed E-state index contributed by atoms with van der Waals surface area (Å²) in [4.78, 5) is 22.4. The molecule has 0 bridgehead atoms. The summed E-state index contributed by atoms with van der Waals surface area (Å²) in [6.07, 6.45) is 1.68. The largest absolute Gasteiger partial charge is 0.478 e. The quantitative estimate of drug-likeness (QED) is 0.655. The Labute approximate surface area is 177 Å². The average Bonchev–Trinajstić information content (AvgIpc) is 3.03. The van der Waals surface area contributed by atoms with Gasteiger partial charge in [0.15, 0.2) is 5.65 Å². The van der Waals surface area contributed by atoms with Crippen molar-refractivity contribution in [1.29, 1.82) is 0 Å². The van der Waals surface area contributed by atoms with Crippen LogP contribution in [0.5, 0.6) is 5.88 Å². The van der Waals surface area contributed by atoms with Gasteiger partial charge in [-0.2, -0.15) is 5.10 Å². The van der Waals surface area contributed by atoms with Gasteiger partial charge in [-0.05, 0) is 52.7 Å². The van der Waals surface area contributed by atoms with Crippen molar-refractivity contribution < 1.29 is 9.53 Å². The molecule has 3 aromatic rings. The Balaban J connectivity index is 2.02. The fraction of sp³-hybridized carbons (Fsp3) is 0.478. The Morgan fingerprint density at radius 1 is 1.30 bits per heavy atom. The van der Waals surface area contributed by atoms with E-state index in [1.165, 1.54) is 0 Å². The van der Waals surface area contributed by atoms with Crippen LogP contribution in [0, 0.1) is 6.92 Å².